The number of aliphatic hydroxyl groups excluding tert-OH is 1. The van der Waals surface area contributed by atoms with Crippen molar-refractivity contribution in [2.45, 2.75) is 37.5 Å². The van der Waals surface area contributed by atoms with Crippen molar-refractivity contribution >= 4 is 17.2 Å². The summed E-state index contributed by atoms with van der Waals surface area (Å²) in [6, 6.07) is 21.4. The molecular formula is C31H31N7O3. The Bertz CT molecular complexity index is 1710. The number of carbonyl (C=O) groups excluding carboxylic acids is 1. The van der Waals surface area contributed by atoms with Crippen molar-refractivity contribution in [1.29, 1.82) is 0 Å². The van der Waals surface area contributed by atoms with E-state index in [1.165, 1.54) is 6.33 Å². The largest absolute Gasteiger partial charge is 0.391 e. The Hall–Kier alpha value is -4.54. The summed E-state index contributed by atoms with van der Waals surface area (Å²) in [4.78, 5) is 19.5. The standard InChI is InChI=1S/C31H31N7O3/c32-30-29-25(26-9-12-34-37(26)23-10-13-41-14-11-23)17-28(38(29)35-19-33-30)22-8-4-7-21(15-22)27-16-24(39)18-36(27)31(40)20-5-2-1-3-6-20/h1-9,12,15,17,19,23-24,27,39H,10-11,13-14,16,18H2,(H2,32,33,35)/t24-,27+/m1/s1. The van der Waals surface area contributed by atoms with Crippen molar-refractivity contribution in [2.75, 3.05) is 25.5 Å². The first-order valence-corrected chi connectivity index (χ1v) is 14.0. The minimum atomic E-state index is -0.588. The summed E-state index contributed by atoms with van der Waals surface area (Å²) in [5.74, 6) is 0.297. The van der Waals surface area contributed by atoms with Gasteiger partial charge >= 0.3 is 0 Å². The summed E-state index contributed by atoms with van der Waals surface area (Å²) in [5, 5.41) is 19.8. The highest BCUT2D eigenvalue weighted by atomic mass is 16.5. The van der Waals surface area contributed by atoms with Gasteiger partial charge in [0.15, 0.2) is 5.82 Å². The summed E-state index contributed by atoms with van der Waals surface area (Å²) in [7, 11) is 0. The molecule has 2 saturated heterocycles. The van der Waals surface area contributed by atoms with Crippen molar-refractivity contribution in [1.82, 2.24) is 29.3 Å². The molecule has 2 atom stereocenters. The van der Waals surface area contributed by atoms with Crippen LogP contribution in [0.1, 0.15) is 47.3 Å². The third-order valence-corrected chi connectivity index (χ3v) is 8.19. The molecule has 0 unspecified atom stereocenters. The van der Waals surface area contributed by atoms with Gasteiger partial charge in [-0.2, -0.15) is 10.2 Å². The van der Waals surface area contributed by atoms with Crippen LogP contribution in [0.5, 0.6) is 0 Å². The Morgan fingerprint density at radius 2 is 1.80 bits per heavy atom. The van der Waals surface area contributed by atoms with Gasteiger partial charge in [0.2, 0.25) is 0 Å². The quantitative estimate of drug-likeness (QED) is 0.338. The molecular weight excluding hydrogens is 518 g/mol. The number of carbonyl (C=O) groups is 1. The number of rotatable bonds is 5. The molecule has 2 aliphatic rings. The van der Waals surface area contributed by atoms with E-state index in [1.807, 2.05) is 65.3 Å². The van der Waals surface area contributed by atoms with E-state index in [9.17, 15) is 9.90 Å². The lowest BCUT2D eigenvalue weighted by molar-refractivity contribution is 0.0667. The molecule has 5 aromatic rings. The van der Waals surface area contributed by atoms with Crippen molar-refractivity contribution in [3.63, 3.8) is 0 Å². The Morgan fingerprint density at radius 3 is 2.63 bits per heavy atom. The molecule has 1 amide bonds. The number of hydrogen-bond donors (Lipinski definition) is 2. The van der Waals surface area contributed by atoms with Gasteiger partial charge in [-0.05, 0) is 55.2 Å². The molecule has 10 nitrogen and oxygen atoms in total. The van der Waals surface area contributed by atoms with E-state index < -0.39 is 6.10 Å². The Labute approximate surface area is 237 Å². The number of hydrogen-bond acceptors (Lipinski definition) is 7. The summed E-state index contributed by atoms with van der Waals surface area (Å²) >= 11 is 0. The Kier molecular flexibility index (Phi) is 6.49. The van der Waals surface area contributed by atoms with Crippen LogP contribution in [0.15, 0.2) is 79.3 Å². The number of aliphatic hydroxyl groups is 1. The fourth-order valence-corrected chi connectivity index (χ4v) is 6.22. The van der Waals surface area contributed by atoms with Crippen LogP contribution in [0.4, 0.5) is 5.82 Å². The maximum absolute atomic E-state index is 13.4. The number of nitrogens with two attached hydrogens (primary N) is 1. The number of likely N-dealkylation sites (tertiary alicyclic amines) is 1. The third kappa shape index (κ3) is 4.55. The van der Waals surface area contributed by atoms with Gasteiger partial charge in [-0.3, -0.25) is 9.48 Å². The number of amides is 1. The molecule has 2 aliphatic heterocycles. The topological polar surface area (TPSA) is 124 Å². The lowest BCUT2D eigenvalue weighted by atomic mass is 9.99. The number of ether oxygens (including phenoxy) is 1. The molecule has 3 N–H and O–H groups in total. The van der Waals surface area contributed by atoms with E-state index in [4.69, 9.17) is 10.5 Å². The van der Waals surface area contributed by atoms with Crippen LogP contribution in [0.2, 0.25) is 0 Å². The summed E-state index contributed by atoms with van der Waals surface area (Å²) in [6.45, 7) is 1.72. The maximum atomic E-state index is 13.4. The first kappa shape index (κ1) is 25.4. The van der Waals surface area contributed by atoms with Crippen LogP contribution < -0.4 is 5.73 Å². The van der Waals surface area contributed by atoms with Crippen molar-refractivity contribution < 1.29 is 14.6 Å². The van der Waals surface area contributed by atoms with Crippen molar-refractivity contribution in [2.24, 2.45) is 0 Å². The van der Waals surface area contributed by atoms with Gasteiger partial charge in [-0.1, -0.05) is 36.4 Å². The third-order valence-electron chi connectivity index (χ3n) is 8.19. The van der Waals surface area contributed by atoms with Gasteiger partial charge in [-0.15, -0.1) is 0 Å². The SMILES string of the molecule is Nc1ncnn2c(-c3cccc([C@@H]4C[C@@H](O)CN4C(=O)c4ccccc4)c3)cc(-c3ccnn3C3CCOCC3)c12. The van der Waals surface area contributed by atoms with Crippen molar-refractivity contribution in [3.05, 3.63) is 90.4 Å². The number of nitrogens with zero attached hydrogens (tertiary/aromatic N) is 6. The first-order valence-electron chi connectivity index (χ1n) is 14.0. The molecule has 41 heavy (non-hydrogen) atoms. The lowest BCUT2D eigenvalue weighted by Gasteiger charge is -2.25. The second-order valence-corrected chi connectivity index (χ2v) is 10.7. The van der Waals surface area contributed by atoms with Gasteiger partial charge in [0.25, 0.3) is 5.91 Å². The second-order valence-electron chi connectivity index (χ2n) is 10.7. The molecule has 0 saturated carbocycles. The van der Waals surface area contributed by atoms with E-state index in [1.54, 1.807) is 4.90 Å². The highest BCUT2D eigenvalue weighted by Crippen LogP contribution is 2.39. The molecule has 0 radical (unpaired) electrons. The zero-order valence-corrected chi connectivity index (χ0v) is 22.5. The smallest absolute Gasteiger partial charge is 0.254 e. The summed E-state index contributed by atoms with van der Waals surface area (Å²) in [5.41, 5.74) is 12.4. The Morgan fingerprint density at radius 1 is 0.976 bits per heavy atom. The number of aromatic nitrogens is 5. The second kappa shape index (κ2) is 10.5. The van der Waals surface area contributed by atoms with Gasteiger partial charge in [0, 0.05) is 42.6 Å². The van der Waals surface area contributed by atoms with Crippen LogP contribution in [0.3, 0.4) is 0 Å². The normalized spacial score (nSPS) is 19.7. The molecule has 2 fully saturated rings. The number of anilines is 1. The van der Waals surface area contributed by atoms with Gasteiger partial charge < -0.3 is 20.5 Å². The fraction of sp³-hybridized carbons (Fsp3) is 0.290. The molecule has 0 aliphatic carbocycles. The van der Waals surface area contributed by atoms with Crippen LogP contribution in [0.25, 0.3) is 28.0 Å². The van der Waals surface area contributed by atoms with E-state index >= 15 is 0 Å². The monoisotopic (exact) mass is 549 g/mol. The first-order chi connectivity index (χ1) is 20.1. The number of nitrogen functional groups attached to an aromatic ring is 1. The molecule has 2 aromatic carbocycles. The zero-order valence-electron chi connectivity index (χ0n) is 22.5. The summed E-state index contributed by atoms with van der Waals surface area (Å²) in [6.07, 6.45) is 4.96. The lowest BCUT2D eigenvalue weighted by Crippen LogP contribution is -2.31. The number of fused-ring (bicyclic) bond motifs is 1. The van der Waals surface area contributed by atoms with Gasteiger partial charge in [0.05, 0.1) is 29.6 Å². The number of benzene rings is 2. The van der Waals surface area contributed by atoms with E-state index in [-0.39, 0.29) is 18.0 Å². The van der Waals surface area contributed by atoms with Crippen molar-refractivity contribution in [3.8, 4) is 22.5 Å². The highest BCUT2D eigenvalue weighted by Gasteiger charge is 2.36. The van der Waals surface area contributed by atoms with E-state index in [2.05, 4.69) is 32.0 Å². The van der Waals surface area contributed by atoms with Crippen LogP contribution in [0, 0.1) is 0 Å². The molecule has 0 spiro atoms. The predicted octanol–water partition coefficient (Wildman–Crippen LogP) is 4.14. The summed E-state index contributed by atoms with van der Waals surface area (Å²) < 4.78 is 9.47. The predicted molar refractivity (Wildman–Crippen MR) is 154 cm³/mol. The minimum Gasteiger partial charge on any atom is -0.391 e. The molecule has 3 aromatic heterocycles. The Balaban J connectivity index is 1.30. The minimum absolute atomic E-state index is 0.0881. The molecule has 0 bridgehead atoms. The average molecular weight is 550 g/mol. The van der Waals surface area contributed by atoms with E-state index in [0.717, 1.165) is 46.4 Å². The average Bonchev–Trinajstić information content (AvgIpc) is 3.75. The van der Waals surface area contributed by atoms with Gasteiger partial charge in [0.1, 0.15) is 11.8 Å². The maximum Gasteiger partial charge on any atom is 0.254 e. The van der Waals surface area contributed by atoms with Crippen LogP contribution in [-0.2, 0) is 4.74 Å². The number of β-amino-alcohol motifs (C(OH)–C–C–N with tert-alkyl or cyclic N) is 1. The molecule has 7 rings (SSSR count). The van der Waals surface area contributed by atoms with Crippen LogP contribution in [-0.4, -0.2) is 66.2 Å². The highest BCUT2D eigenvalue weighted by molar-refractivity contribution is 5.95. The molecule has 5 heterocycles. The van der Waals surface area contributed by atoms with E-state index in [0.29, 0.717) is 37.6 Å². The molecule has 10 heteroatoms. The zero-order chi connectivity index (χ0) is 27.9. The van der Waals surface area contributed by atoms with Gasteiger partial charge in [-0.25, -0.2) is 9.50 Å². The molecule has 208 valence electrons. The fourth-order valence-electron chi connectivity index (χ4n) is 6.22. The van der Waals surface area contributed by atoms with Crippen LogP contribution >= 0.6 is 0 Å².